The molecule has 1 amide bonds. The quantitative estimate of drug-likeness (QED) is 0.790. The standard InChI is InChI=1S/C16H24N2O/c1-2-14(10-13-8-9-13)18-16(19)15(17)11-12-6-4-3-5-7-12/h3-7,13-15H,2,8-11,17H2,1H3,(H,18,19)/t14?,15-/m0/s1. The molecule has 1 unspecified atom stereocenters. The van der Waals surface area contributed by atoms with E-state index in [9.17, 15) is 4.79 Å². The van der Waals surface area contributed by atoms with E-state index in [1.807, 2.05) is 30.3 Å². The monoisotopic (exact) mass is 260 g/mol. The van der Waals surface area contributed by atoms with Crippen LogP contribution in [0.5, 0.6) is 0 Å². The molecule has 19 heavy (non-hydrogen) atoms. The molecule has 0 aromatic heterocycles. The second kappa shape index (κ2) is 6.71. The van der Waals surface area contributed by atoms with E-state index in [1.54, 1.807) is 0 Å². The maximum Gasteiger partial charge on any atom is 0.237 e. The van der Waals surface area contributed by atoms with Gasteiger partial charge in [-0.3, -0.25) is 4.79 Å². The normalized spacial score (nSPS) is 17.8. The van der Waals surface area contributed by atoms with Crippen LogP contribution >= 0.6 is 0 Å². The van der Waals surface area contributed by atoms with Crippen molar-refractivity contribution in [2.24, 2.45) is 11.7 Å². The molecule has 0 bridgehead atoms. The Hall–Kier alpha value is -1.35. The Bertz CT molecular complexity index is 400. The molecule has 104 valence electrons. The second-order valence-corrected chi connectivity index (χ2v) is 5.59. The molecule has 0 spiro atoms. The summed E-state index contributed by atoms with van der Waals surface area (Å²) in [4.78, 5) is 12.1. The highest BCUT2D eigenvalue weighted by atomic mass is 16.2. The number of nitrogens with two attached hydrogens (primary N) is 1. The fraction of sp³-hybridized carbons (Fsp3) is 0.562. The first-order valence-electron chi connectivity index (χ1n) is 7.29. The van der Waals surface area contributed by atoms with E-state index >= 15 is 0 Å². The molecular formula is C16H24N2O. The van der Waals surface area contributed by atoms with Gasteiger partial charge < -0.3 is 11.1 Å². The number of carbonyl (C=O) groups is 1. The number of rotatable bonds is 7. The zero-order chi connectivity index (χ0) is 13.7. The maximum absolute atomic E-state index is 12.1. The Morgan fingerprint density at radius 3 is 2.63 bits per heavy atom. The van der Waals surface area contributed by atoms with Crippen molar-refractivity contribution in [3.8, 4) is 0 Å². The smallest absolute Gasteiger partial charge is 0.237 e. The molecule has 0 aliphatic heterocycles. The summed E-state index contributed by atoms with van der Waals surface area (Å²) in [6.07, 6.45) is 5.35. The summed E-state index contributed by atoms with van der Waals surface area (Å²) in [5.74, 6) is 0.812. The van der Waals surface area contributed by atoms with Crippen molar-refractivity contribution in [2.75, 3.05) is 0 Å². The summed E-state index contributed by atoms with van der Waals surface area (Å²) in [5, 5.41) is 3.09. The van der Waals surface area contributed by atoms with Crippen molar-refractivity contribution < 1.29 is 4.79 Å². The van der Waals surface area contributed by atoms with Gasteiger partial charge in [0.2, 0.25) is 5.91 Å². The third kappa shape index (κ3) is 4.67. The fourth-order valence-corrected chi connectivity index (χ4v) is 2.35. The van der Waals surface area contributed by atoms with Crippen LogP contribution < -0.4 is 11.1 Å². The fourth-order valence-electron chi connectivity index (χ4n) is 2.35. The SMILES string of the molecule is CCC(CC1CC1)NC(=O)[C@@H](N)Cc1ccccc1. The molecule has 3 nitrogen and oxygen atoms in total. The van der Waals surface area contributed by atoms with Gasteiger partial charge in [-0.15, -0.1) is 0 Å². The van der Waals surface area contributed by atoms with Gasteiger partial charge in [-0.25, -0.2) is 0 Å². The van der Waals surface area contributed by atoms with Crippen LogP contribution in [0.25, 0.3) is 0 Å². The van der Waals surface area contributed by atoms with Crippen LogP contribution in [0.4, 0.5) is 0 Å². The van der Waals surface area contributed by atoms with Crippen LogP contribution in [0, 0.1) is 5.92 Å². The summed E-state index contributed by atoms with van der Waals surface area (Å²) < 4.78 is 0. The van der Waals surface area contributed by atoms with Gasteiger partial charge in [0.1, 0.15) is 0 Å². The lowest BCUT2D eigenvalue weighted by Crippen LogP contribution is -2.46. The Kier molecular flexibility index (Phi) is 4.97. The van der Waals surface area contributed by atoms with Gasteiger partial charge in [0, 0.05) is 6.04 Å². The van der Waals surface area contributed by atoms with Crippen LogP contribution in [-0.2, 0) is 11.2 Å². The Labute approximate surface area is 115 Å². The van der Waals surface area contributed by atoms with E-state index in [1.165, 1.54) is 12.8 Å². The first-order chi connectivity index (χ1) is 9.19. The number of benzene rings is 1. The number of nitrogens with one attached hydrogen (secondary N) is 1. The lowest BCUT2D eigenvalue weighted by molar-refractivity contribution is -0.123. The second-order valence-electron chi connectivity index (χ2n) is 5.59. The van der Waals surface area contributed by atoms with Gasteiger partial charge in [0.15, 0.2) is 0 Å². The molecule has 3 heteroatoms. The Morgan fingerprint density at radius 2 is 2.05 bits per heavy atom. The van der Waals surface area contributed by atoms with Crippen molar-refractivity contribution in [1.29, 1.82) is 0 Å². The first-order valence-corrected chi connectivity index (χ1v) is 7.29. The molecule has 1 aliphatic rings. The van der Waals surface area contributed by atoms with Gasteiger partial charge in [-0.2, -0.15) is 0 Å². The van der Waals surface area contributed by atoms with Crippen LogP contribution in [0.2, 0.25) is 0 Å². The summed E-state index contributed by atoms with van der Waals surface area (Å²) in [7, 11) is 0. The summed E-state index contributed by atoms with van der Waals surface area (Å²) in [6.45, 7) is 2.12. The van der Waals surface area contributed by atoms with Crippen molar-refractivity contribution in [3.63, 3.8) is 0 Å². The van der Waals surface area contributed by atoms with Crippen LogP contribution in [0.3, 0.4) is 0 Å². The third-order valence-corrected chi connectivity index (χ3v) is 3.79. The number of amides is 1. The maximum atomic E-state index is 12.1. The Morgan fingerprint density at radius 1 is 1.37 bits per heavy atom. The zero-order valence-corrected chi connectivity index (χ0v) is 11.6. The predicted octanol–water partition coefficient (Wildman–Crippen LogP) is 2.25. The van der Waals surface area contributed by atoms with Gasteiger partial charge in [0.05, 0.1) is 6.04 Å². The molecule has 1 fully saturated rings. The van der Waals surface area contributed by atoms with Gasteiger partial charge >= 0.3 is 0 Å². The van der Waals surface area contributed by atoms with Crippen molar-refractivity contribution >= 4 is 5.91 Å². The highest BCUT2D eigenvalue weighted by Gasteiger charge is 2.26. The molecule has 3 N–H and O–H groups in total. The topological polar surface area (TPSA) is 55.1 Å². The van der Waals surface area contributed by atoms with Crippen LogP contribution in [0.1, 0.15) is 38.2 Å². The molecule has 2 atom stereocenters. The van der Waals surface area contributed by atoms with E-state index in [4.69, 9.17) is 5.73 Å². The average molecular weight is 260 g/mol. The first kappa shape index (κ1) is 14.1. The largest absolute Gasteiger partial charge is 0.352 e. The van der Waals surface area contributed by atoms with Crippen LogP contribution in [-0.4, -0.2) is 18.0 Å². The Balaban J connectivity index is 1.80. The van der Waals surface area contributed by atoms with Gasteiger partial charge in [-0.05, 0) is 30.7 Å². The number of carbonyl (C=O) groups excluding carboxylic acids is 1. The molecule has 0 saturated heterocycles. The van der Waals surface area contributed by atoms with Crippen molar-refractivity contribution in [2.45, 2.75) is 51.1 Å². The molecule has 1 saturated carbocycles. The lowest BCUT2D eigenvalue weighted by atomic mass is 10.0. The molecular weight excluding hydrogens is 236 g/mol. The molecule has 1 aromatic carbocycles. The highest BCUT2D eigenvalue weighted by Crippen LogP contribution is 2.34. The molecule has 1 aromatic rings. The van der Waals surface area contributed by atoms with Crippen molar-refractivity contribution in [1.82, 2.24) is 5.32 Å². The van der Waals surface area contributed by atoms with Gasteiger partial charge in [-0.1, -0.05) is 50.1 Å². The number of hydrogen-bond donors (Lipinski definition) is 2. The minimum atomic E-state index is -0.448. The highest BCUT2D eigenvalue weighted by molar-refractivity contribution is 5.82. The molecule has 0 heterocycles. The summed E-state index contributed by atoms with van der Waals surface area (Å²) in [5.41, 5.74) is 7.10. The van der Waals surface area contributed by atoms with Crippen molar-refractivity contribution in [3.05, 3.63) is 35.9 Å². The van der Waals surface area contributed by atoms with E-state index in [0.717, 1.165) is 24.3 Å². The average Bonchev–Trinajstić information content (AvgIpc) is 3.23. The number of hydrogen-bond acceptors (Lipinski definition) is 2. The third-order valence-electron chi connectivity index (χ3n) is 3.79. The minimum Gasteiger partial charge on any atom is -0.352 e. The predicted molar refractivity (Wildman–Crippen MR) is 77.7 cm³/mol. The van der Waals surface area contributed by atoms with E-state index in [0.29, 0.717) is 12.5 Å². The zero-order valence-electron chi connectivity index (χ0n) is 11.6. The molecule has 1 aliphatic carbocycles. The minimum absolute atomic E-state index is 0.0173. The van der Waals surface area contributed by atoms with Crippen LogP contribution in [0.15, 0.2) is 30.3 Å². The van der Waals surface area contributed by atoms with E-state index < -0.39 is 6.04 Å². The summed E-state index contributed by atoms with van der Waals surface area (Å²) >= 11 is 0. The molecule has 0 radical (unpaired) electrons. The summed E-state index contributed by atoms with van der Waals surface area (Å²) in [6, 6.07) is 9.78. The van der Waals surface area contributed by atoms with Gasteiger partial charge in [0.25, 0.3) is 0 Å². The molecule has 2 rings (SSSR count). The van der Waals surface area contributed by atoms with E-state index in [2.05, 4.69) is 12.2 Å². The van der Waals surface area contributed by atoms with E-state index in [-0.39, 0.29) is 5.91 Å². The lowest BCUT2D eigenvalue weighted by Gasteiger charge is -2.19.